The Morgan fingerprint density at radius 2 is 1.48 bits per heavy atom. The normalized spacial score (nSPS) is 11.2. The first-order valence-corrected chi connectivity index (χ1v) is 9.80. The summed E-state index contributed by atoms with van der Waals surface area (Å²) in [6, 6.07) is 25.3. The summed E-state index contributed by atoms with van der Waals surface area (Å²) < 4.78 is 0. The second-order valence-corrected chi connectivity index (χ2v) is 7.29. The van der Waals surface area contributed by atoms with Crippen molar-refractivity contribution in [2.75, 3.05) is 6.54 Å². The molecule has 3 N–H and O–H groups in total. The van der Waals surface area contributed by atoms with Crippen LogP contribution in [0, 0.1) is 0 Å². The summed E-state index contributed by atoms with van der Waals surface area (Å²) in [7, 11) is 0. The minimum Gasteiger partial charge on any atom is -0.354 e. The number of nitrogens with one attached hydrogen (secondary N) is 1. The van der Waals surface area contributed by atoms with Crippen LogP contribution in [0.1, 0.15) is 18.4 Å². The summed E-state index contributed by atoms with van der Waals surface area (Å²) in [5, 5.41) is 1.98. The first kappa shape index (κ1) is 17.8. The first-order chi connectivity index (χ1) is 13.3. The molecule has 0 atom stereocenters. The number of aromatic amines is 1. The standard InChI is InChI=1S/C24H23ClN2/c25-20-13-14-23-22(16-20)21(8-4-5-15-26)24(27-23)19-11-9-18(10-12-19)17-6-2-1-3-7-17/h1-3,6-7,9-14,16,27H,4-5,8,15,26H2. The average molecular weight is 375 g/mol. The molecule has 0 unspecified atom stereocenters. The van der Waals surface area contributed by atoms with Gasteiger partial charge in [0, 0.05) is 21.6 Å². The van der Waals surface area contributed by atoms with Gasteiger partial charge in [0.05, 0.1) is 0 Å². The Hall–Kier alpha value is -2.55. The predicted molar refractivity (Wildman–Crippen MR) is 116 cm³/mol. The van der Waals surface area contributed by atoms with E-state index in [0.29, 0.717) is 0 Å². The number of hydrogen-bond acceptors (Lipinski definition) is 1. The fourth-order valence-electron chi connectivity index (χ4n) is 3.63. The fraction of sp³-hybridized carbons (Fsp3) is 0.167. The molecule has 27 heavy (non-hydrogen) atoms. The molecule has 0 radical (unpaired) electrons. The topological polar surface area (TPSA) is 41.8 Å². The molecule has 0 aliphatic carbocycles. The smallest absolute Gasteiger partial charge is 0.0497 e. The summed E-state index contributed by atoms with van der Waals surface area (Å²) in [5.41, 5.74) is 13.0. The van der Waals surface area contributed by atoms with Gasteiger partial charge in [-0.1, -0.05) is 66.2 Å². The third kappa shape index (κ3) is 3.78. The van der Waals surface area contributed by atoms with Gasteiger partial charge in [-0.25, -0.2) is 0 Å². The van der Waals surface area contributed by atoms with E-state index < -0.39 is 0 Å². The second kappa shape index (κ2) is 7.99. The van der Waals surface area contributed by atoms with E-state index in [4.69, 9.17) is 17.3 Å². The van der Waals surface area contributed by atoms with E-state index in [1.807, 2.05) is 12.1 Å². The Bertz CT molecular complexity index is 1030. The van der Waals surface area contributed by atoms with Gasteiger partial charge in [-0.15, -0.1) is 0 Å². The lowest BCUT2D eigenvalue weighted by molar-refractivity contribution is 0.748. The van der Waals surface area contributed by atoms with Crippen LogP contribution in [-0.2, 0) is 6.42 Å². The highest BCUT2D eigenvalue weighted by molar-refractivity contribution is 6.31. The SMILES string of the molecule is NCCCCc1c(-c2ccc(-c3ccccc3)cc2)[nH]c2ccc(Cl)cc12. The zero-order valence-electron chi connectivity index (χ0n) is 15.2. The van der Waals surface area contributed by atoms with Crippen molar-refractivity contribution in [2.24, 2.45) is 5.73 Å². The quantitative estimate of drug-likeness (QED) is 0.375. The number of unbranched alkanes of at least 4 members (excludes halogenated alkanes) is 1. The van der Waals surface area contributed by atoms with Crippen LogP contribution >= 0.6 is 11.6 Å². The number of H-pyrrole nitrogens is 1. The van der Waals surface area contributed by atoms with Gasteiger partial charge in [-0.3, -0.25) is 0 Å². The maximum absolute atomic E-state index is 6.26. The summed E-state index contributed by atoms with van der Waals surface area (Å²) in [6.07, 6.45) is 3.10. The van der Waals surface area contributed by atoms with Crippen molar-refractivity contribution in [3.05, 3.63) is 83.4 Å². The van der Waals surface area contributed by atoms with Crippen LogP contribution in [0.2, 0.25) is 5.02 Å². The van der Waals surface area contributed by atoms with Gasteiger partial charge in [0.25, 0.3) is 0 Å². The van der Waals surface area contributed by atoms with Crippen molar-refractivity contribution in [1.29, 1.82) is 0 Å². The molecule has 0 saturated heterocycles. The molecule has 4 rings (SSSR count). The van der Waals surface area contributed by atoms with Crippen molar-refractivity contribution in [1.82, 2.24) is 4.98 Å². The third-order valence-electron chi connectivity index (χ3n) is 5.03. The van der Waals surface area contributed by atoms with Crippen molar-refractivity contribution in [3.63, 3.8) is 0 Å². The number of aryl methyl sites for hydroxylation is 1. The number of halogens is 1. The summed E-state index contributed by atoms with van der Waals surface area (Å²) in [6.45, 7) is 0.726. The van der Waals surface area contributed by atoms with E-state index in [1.54, 1.807) is 0 Å². The molecule has 3 aromatic carbocycles. The molecule has 0 bridgehead atoms. The summed E-state index contributed by atoms with van der Waals surface area (Å²) in [4.78, 5) is 3.60. The molecule has 136 valence electrons. The molecule has 0 aliphatic rings. The Morgan fingerprint density at radius 3 is 2.22 bits per heavy atom. The highest BCUT2D eigenvalue weighted by Gasteiger charge is 2.13. The minimum absolute atomic E-state index is 0.726. The number of benzene rings is 3. The van der Waals surface area contributed by atoms with E-state index in [2.05, 4.69) is 65.6 Å². The number of hydrogen-bond donors (Lipinski definition) is 2. The van der Waals surface area contributed by atoms with Gasteiger partial charge in [-0.05, 0) is 66.3 Å². The van der Waals surface area contributed by atoms with E-state index in [9.17, 15) is 0 Å². The molecule has 1 heterocycles. The molecule has 0 saturated carbocycles. The van der Waals surface area contributed by atoms with Crippen LogP contribution < -0.4 is 5.73 Å². The van der Waals surface area contributed by atoms with Gasteiger partial charge < -0.3 is 10.7 Å². The number of aromatic nitrogens is 1. The summed E-state index contributed by atoms with van der Waals surface area (Å²) in [5.74, 6) is 0. The van der Waals surface area contributed by atoms with Gasteiger partial charge in [0.2, 0.25) is 0 Å². The van der Waals surface area contributed by atoms with Crippen molar-refractivity contribution >= 4 is 22.5 Å². The van der Waals surface area contributed by atoms with E-state index in [1.165, 1.54) is 33.3 Å². The van der Waals surface area contributed by atoms with Crippen LogP contribution in [0.4, 0.5) is 0 Å². The van der Waals surface area contributed by atoms with Crippen LogP contribution in [0.25, 0.3) is 33.3 Å². The highest BCUT2D eigenvalue weighted by atomic mass is 35.5. The fourth-order valence-corrected chi connectivity index (χ4v) is 3.80. The third-order valence-corrected chi connectivity index (χ3v) is 5.26. The Morgan fingerprint density at radius 1 is 0.778 bits per heavy atom. The van der Waals surface area contributed by atoms with Crippen LogP contribution in [0.15, 0.2) is 72.8 Å². The molecule has 0 aliphatic heterocycles. The molecule has 0 fully saturated rings. The van der Waals surface area contributed by atoms with Crippen LogP contribution in [0.3, 0.4) is 0 Å². The molecular formula is C24H23ClN2. The molecule has 3 heteroatoms. The lowest BCUT2D eigenvalue weighted by atomic mass is 9.98. The predicted octanol–water partition coefficient (Wildman–Crippen LogP) is 6.44. The molecular weight excluding hydrogens is 352 g/mol. The van der Waals surface area contributed by atoms with Crippen molar-refractivity contribution in [2.45, 2.75) is 19.3 Å². The minimum atomic E-state index is 0.726. The molecule has 1 aromatic heterocycles. The Kier molecular flexibility index (Phi) is 5.28. The zero-order chi connectivity index (χ0) is 18.6. The zero-order valence-corrected chi connectivity index (χ0v) is 16.0. The van der Waals surface area contributed by atoms with Crippen molar-refractivity contribution in [3.8, 4) is 22.4 Å². The van der Waals surface area contributed by atoms with Crippen LogP contribution in [-0.4, -0.2) is 11.5 Å². The maximum atomic E-state index is 6.26. The lowest BCUT2D eigenvalue weighted by Gasteiger charge is -2.07. The van der Waals surface area contributed by atoms with E-state index >= 15 is 0 Å². The van der Waals surface area contributed by atoms with E-state index in [-0.39, 0.29) is 0 Å². The van der Waals surface area contributed by atoms with Crippen molar-refractivity contribution < 1.29 is 0 Å². The number of fused-ring (bicyclic) bond motifs is 1. The summed E-state index contributed by atoms with van der Waals surface area (Å²) >= 11 is 6.26. The van der Waals surface area contributed by atoms with Gasteiger partial charge in [0.1, 0.15) is 0 Å². The second-order valence-electron chi connectivity index (χ2n) is 6.86. The van der Waals surface area contributed by atoms with Gasteiger partial charge in [0.15, 0.2) is 0 Å². The maximum Gasteiger partial charge on any atom is 0.0497 e. The monoisotopic (exact) mass is 374 g/mol. The molecule has 2 nitrogen and oxygen atoms in total. The number of nitrogens with two attached hydrogens (primary N) is 1. The molecule has 4 aromatic rings. The Balaban J connectivity index is 1.74. The molecule has 0 amide bonds. The average Bonchev–Trinajstić information content (AvgIpc) is 3.07. The first-order valence-electron chi connectivity index (χ1n) is 9.42. The van der Waals surface area contributed by atoms with Gasteiger partial charge >= 0.3 is 0 Å². The highest BCUT2D eigenvalue weighted by Crippen LogP contribution is 2.34. The Labute approximate surface area is 165 Å². The van der Waals surface area contributed by atoms with E-state index in [0.717, 1.165) is 36.3 Å². The largest absolute Gasteiger partial charge is 0.354 e. The molecule has 0 spiro atoms. The number of rotatable bonds is 6. The lowest BCUT2D eigenvalue weighted by Crippen LogP contribution is -1.99. The van der Waals surface area contributed by atoms with Crippen LogP contribution in [0.5, 0.6) is 0 Å². The van der Waals surface area contributed by atoms with Gasteiger partial charge in [-0.2, -0.15) is 0 Å².